The van der Waals surface area contributed by atoms with Crippen LogP contribution in [0.2, 0.25) is 0 Å². The number of fused-ring (bicyclic) bond motifs is 2. The van der Waals surface area contributed by atoms with E-state index in [2.05, 4.69) is 30.9 Å². The molecule has 1 heterocycles. The summed E-state index contributed by atoms with van der Waals surface area (Å²) in [5.74, 6) is 1.52. The van der Waals surface area contributed by atoms with E-state index in [1.165, 1.54) is 12.8 Å². The number of likely N-dealkylation sites (tertiary alicyclic amines) is 1. The van der Waals surface area contributed by atoms with Crippen LogP contribution in [0.15, 0.2) is 24.0 Å². The summed E-state index contributed by atoms with van der Waals surface area (Å²) in [4.78, 5) is 2.36. The van der Waals surface area contributed by atoms with Crippen LogP contribution >= 0.6 is 0 Å². The van der Waals surface area contributed by atoms with Crippen LogP contribution in [0.3, 0.4) is 0 Å². The van der Waals surface area contributed by atoms with Gasteiger partial charge in [0.2, 0.25) is 0 Å². The minimum atomic E-state index is -0.0849. The van der Waals surface area contributed by atoms with Crippen molar-refractivity contribution in [3.05, 3.63) is 24.0 Å². The van der Waals surface area contributed by atoms with Crippen LogP contribution in [-0.4, -0.2) is 29.2 Å². The summed E-state index contributed by atoms with van der Waals surface area (Å²) in [5.41, 5.74) is 6.92. The third-order valence-corrected chi connectivity index (χ3v) is 4.91. The van der Waals surface area contributed by atoms with Gasteiger partial charge in [-0.05, 0) is 37.7 Å². The minimum Gasteiger partial charge on any atom is -0.403 e. The van der Waals surface area contributed by atoms with Gasteiger partial charge >= 0.3 is 0 Å². The lowest BCUT2D eigenvalue weighted by molar-refractivity contribution is 0.0304. The Bertz CT molecular complexity index is 333. The van der Waals surface area contributed by atoms with Gasteiger partial charge < -0.3 is 15.7 Å². The molecule has 1 aliphatic carbocycles. The Kier molecular flexibility index (Phi) is 4.92. The first kappa shape index (κ1) is 14.4. The highest BCUT2D eigenvalue weighted by molar-refractivity contribution is 5.19. The minimum absolute atomic E-state index is 0.0849. The lowest BCUT2D eigenvalue weighted by atomic mass is 9.94. The molecule has 2 fully saturated rings. The number of rotatable bonds is 5. The average molecular weight is 264 g/mol. The Morgan fingerprint density at radius 1 is 1.26 bits per heavy atom. The normalized spacial score (nSPS) is 31.7. The van der Waals surface area contributed by atoms with Gasteiger partial charge in [-0.1, -0.05) is 19.9 Å². The molecule has 2 atom stereocenters. The van der Waals surface area contributed by atoms with Gasteiger partial charge in [0.1, 0.15) is 0 Å². The molecule has 0 spiro atoms. The molecule has 3 N–H and O–H groups in total. The summed E-state index contributed by atoms with van der Waals surface area (Å²) >= 11 is 0. The molecule has 0 aromatic rings. The highest BCUT2D eigenvalue weighted by Gasteiger charge is 2.41. The van der Waals surface area contributed by atoms with Gasteiger partial charge in [-0.2, -0.15) is 0 Å². The summed E-state index contributed by atoms with van der Waals surface area (Å²) in [6.45, 7) is 6.35. The maximum Gasteiger partial charge on any atom is 0.0630 e. The van der Waals surface area contributed by atoms with Crippen LogP contribution in [0.5, 0.6) is 0 Å². The fraction of sp³-hybridized carbons (Fsp3) is 0.750. The van der Waals surface area contributed by atoms with Crippen molar-refractivity contribution in [3.8, 4) is 0 Å². The standard InChI is InChI=1S/C16H28N2O/c1-3-12(4-2)5-8-15(9-17)18-10-13-6-7-14(11-18)16(13)19/h5,8-9,12-14,16,19H,3-4,6-7,10-11,17H2,1-2H3/b8-5-,15-9+. The van der Waals surface area contributed by atoms with E-state index in [-0.39, 0.29) is 6.10 Å². The number of allylic oxidation sites excluding steroid dienone is 2. The maximum atomic E-state index is 10.1. The van der Waals surface area contributed by atoms with Gasteiger partial charge in [0, 0.05) is 31.1 Å². The monoisotopic (exact) mass is 264 g/mol. The fourth-order valence-corrected chi connectivity index (χ4v) is 3.47. The molecule has 1 aliphatic heterocycles. The van der Waals surface area contributed by atoms with Crippen LogP contribution in [-0.2, 0) is 0 Å². The zero-order valence-corrected chi connectivity index (χ0v) is 12.3. The number of nitrogens with two attached hydrogens (primary N) is 1. The summed E-state index contributed by atoms with van der Waals surface area (Å²) in [6.07, 6.45) is 10.8. The van der Waals surface area contributed by atoms with Crippen molar-refractivity contribution < 1.29 is 5.11 Å². The predicted octanol–water partition coefficient (Wildman–Crippen LogP) is 2.48. The third-order valence-electron chi connectivity index (χ3n) is 4.91. The van der Waals surface area contributed by atoms with Crippen LogP contribution in [0.1, 0.15) is 39.5 Å². The Balaban J connectivity index is 2.00. The molecule has 0 radical (unpaired) electrons. The molecule has 0 aromatic carbocycles. The van der Waals surface area contributed by atoms with E-state index in [0.717, 1.165) is 31.6 Å². The van der Waals surface area contributed by atoms with E-state index in [0.29, 0.717) is 17.8 Å². The first-order chi connectivity index (χ1) is 9.19. The molecule has 1 saturated carbocycles. The summed E-state index contributed by atoms with van der Waals surface area (Å²) in [7, 11) is 0. The lowest BCUT2D eigenvalue weighted by Crippen LogP contribution is -2.44. The van der Waals surface area contributed by atoms with E-state index in [4.69, 9.17) is 5.73 Å². The fourth-order valence-electron chi connectivity index (χ4n) is 3.47. The van der Waals surface area contributed by atoms with Gasteiger partial charge in [-0.15, -0.1) is 0 Å². The highest BCUT2D eigenvalue weighted by Crippen LogP contribution is 2.38. The second kappa shape index (κ2) is 6.47. The Hall–Kier alpha value is -0.960. The molecular weight excluding hydrogens is 236 g/mol. The van der Waals surface area contributed by atoms with Gasteiger partial charge in [0.25, 0.3) is 0 Å². The predicted molar refractivity (Wildman–Crippen MR) is 79.3 cm³/mol. The van der Waals surface area contributed by atoms with Crippen LogP contribution < -0.4 is 5.73 Å². The molecule has 2 aliphatic rings. The molecule has 19 heavy (non-hydrogen) atoms. The van der Waals surface area contributed by atoms with Crippen LogP contribution in [0, 0.1) is 17.8 Å². The summed E-state index contributed by atoms with van der Waals surface area (Å²) in [6, 6.07) is 0. The smallest absolute Gasteiger partial charge is 0.0630 e. The second-order valence-corrected chi connectivity index (χ2v) is 6.02. The van der Waals surface area contributed by atoms with E-state index < -0.39 is 0 Å². The number of hydrogen-bond donors (Lipinski definition) is 2. The molecule has 2 rings (SSSR count). The van der Waals surface area contributed by atoms with E-state index >= 15 is 0 Å². The van der Waals surface area contributed by atoms with E-state index in [1.54, 1.807) is 6.20 Å². The van der Waals surface area contributed by atoms with E-state index in [1.807, 2.05) is 0 Å². The molecule has 2 unspecified atom stereocenters. The third kappa shape index (κ3) is 3.14. The molecule has 3 nitrogen and oxygen atoms in total. The van der Waals surface area contributed by atoms with Crippen molar-refractivity contribution in [1.82, 2.24) is 4.90 Å². The number of aliphatic hydroxyl groups excluding tert-OH is 1. The Morgan fingerprint density at radius 2 is 1.84 bits per heavy atom. The number of nitrogens with zero attached hydrogens (tertiary/aromatic N) is 1. The zero-order chi connectivity index (χ0) is 13.8. The largest absolute Gasteiger partial charge is 0.403 e. The average Bonchev–Trinajstić information content (AvgIpc) is 2.66. The topological polar surface area (TPSA) is 49.5 Å². The maximum absolute atomic E-state index is 10.1. The van der Waals surface area contributed by atoms with E-state index in [9.17, 15) is 5.11 Å². The lowest BCUT2D eigenvalue weighted by Gasteiger charge is -2.37. The molecule has 2 bridgehead atoms. The van der Waals surface area contributed by atoms with Gasteiger partial charge in [-0.3, -0.25) is 0 Å². The first-order valence-electron chi connectivity index (χ1n) is 7.72. The quantitative estimate of drug-likeness (QED) is 0.750. The summed E-state index contributed by atoms with van der Waals surface area (Å²) < 4.78 is 0. The Labute approximate surface area is 117 Å². The second-order valence-electron chi connectivity index (χ2n) is 6.02. The number of hydrogen-bond acceptors (Lipinski definition) is 3. The van der Waals surface area contributed by atoms with Crippen molar-refractivity contribution >= 4 is 0 Å². The SMILES string of the molecule is CCC(/C=C\C(=C/N)N1CC2CCC(C1)C2O)CC. The number of piperidine rings is 1. The molecule has 3 heteroatoms. The van der Waals surface area contributed by atoms with Gasteiger partial charge in [0.15, 0.2) is 0 Å². The first-order valence-corrected chi connectivity index (χ1v) is 7.72. The molecule has 0 aromatic heterocycles. The molecule has 1 saturated heterocycles. The van der Waals surface area contributed by atoms with Gasteiger partial charge in [-0.25, -0.2) is 0 Å². The Morgan fingerprint density at radius 3 is 2.32 bits per heavy atom. The highest BCUT2D eigenvalue weighted by atomic mass is 16.3. The molecule has 0 amide bonds. The number of aliphatic hydroxyl groups is 1. The molecule has 108 valence electrons. The van der Waals surface area contributed by atoms with Crippen molar-refractivity contribution in [2.24, 2.45) is 23.5 Å². The molecular formula is C16H28N2O. The zero-order valence-electron chi connectivity index (χ0n) is 12.3. The van der Waals surface area contributed by atoms with Crippen LogP contribution in [0.4, 0.5) is 0 Å². The van der Waals surface area contributed by atoms with Gasteiger partial charge in [0.05, 0.1) is 11.8 Å². The van der Waals surface area contributed by atoms with Crippen molar-refractivity contribution in [1.29, 1.82) is 0 Å². The van der Waals surface area contributed by atoms with Crippen molar-refractivity contribution in [2.75, 3.05) is 13.1 Å². The van der Waals surface area contributed by atoms with Crippen molar-refractivity contribution in [2.45, 2.75) is 45.6 Å². The van der Waals surface area contributed by atoms with Crippen molar-refractivity contribution in [3.63, 3.8) is 0 Å². The van der Waals surface area contributed by atoms with Crippen LogP contribution in [0.25, 0.3) is 0 Å². The summed E-state index contributed by atoms with van der Waals surface area (Å²) in [5, 5.41) is 10.1.